The zero-order valence-electron chi connectivity index (χ0n) is 23.2. The highest BCUT2D eigenvalue weighted by molar-refractivity contribution is 6.00. The van der Waals surface area contributed by atoms with Gasteiger partial charge in [-0.25, -0.2) is 4.79 Å². The van der Waals surface area contributed by atoms with Gasteiger partial charge < -0.3 is 20.0 Å². The van der Waals surface area contributed by atoms with Crippen molar-refractivity contribution >= 4 is 33.7 Å². The van der Waals surface area contributed by atoms with E-state index in [4.69, 9.17) is 4.74 Å². The quantitative estimate of drug-likeness (QED) is 0.209. The van der Waals surface area contributed by atoms with Crippen LogP contribution in [0.1, 0.15) is 103 Å². The van der Waals surface area contributed by atoms with Crippen molar-refractivity contribution in [2.24, 2.45) is 5.92 Å². The first-order valence-electron chi connectivity index (χ1n) is 13.3. The minimum absolute atomic E-state index is 0. The number of aromatic nitrogens is 2. The fourth-order valence-electron chi connectivity index (χ4n) is 4.31. The van der Waals surface area contributed by atoms with Crippen molar-refractivity contribution < 1.29 is 18.6 Å². The summed E-state index contributed by atoms with van der Waals surface area (Å²) >= 11 is 0. The molecule has 2 aromatic carbocycles. The molecule has 6 nitrogen and oxygen atoms in total. The van der Waals surface area contributed by atoms with Crippen LogP contribution in [0.2, 0.25) is 0 Å². The fraction of sp³-hybridized carbons (Fsp3) is 0.419. The maximum atomic E-state index is 12.4. The molecule has 37 heavy (non-hydrogen) atoms. The Bertz CT molecular complexity index is 1360. The van der Waals surface area contributed by atoms with Gasteiger partial charge in [0.2, 0.25) is 0 Å². The van der Waals surface area contributed by atoms with E-state index in [0.717, 1.165) is 44.9 Å². The number of benzene rings is 2. The number of carbonyl (C=O) groups excluding carboxylic acids is 2. The van der Waals surface area contributed by atoms with Gasteiger partial charge in [0, 0.05) is 50.6 Å². The molecule has 4 aromatic rings. The average Bonchev–Trinajstić information content (AvgIpc) is 3.54. The molecule has 4 rings (SSSR count). The molecule has 0 radical (unpaired) electrons. The van der Waals surface area contributed by atoms with E-state index in [1.807, 2.05) is 49.6 Å². The molecule has 2 heterocycles. The van der Waals surface area contributed by atoms with E-state index in [9.17, 15) is 9.59 Å². The summed E-state index contributed by atoms with van der Waals surface area (Å²) in [7, 11) is 0. The number of nitrogens with one attached hydrogen (secondary N) is 3. The highest BCUT2D eigenvalue weighted by Crippen LogP contribution is 2.28. The van der Waals surface area contributed by atoms with Crippen LogP contribution in [-0.2, 0) is 4.74 Å². The molecule has 0 aliphatic heterocycles. The van der Waals surface area contributed by atoms with Crippen molar-refractivity contribution in [2.75, 3.05) is 13.2 Å². The Labute approximate surface area is 224 Å². The topological polar surface area (TPSA) is 87.0 Å². The Morgan fingerprint density at radius 3 is 1.95 bits per heavy atom. The van der Waals surface area contributed by atoms with E-state index in [-0.39, 0.29) is 16.2 Å². The van der Waals surface area contributed by atoms with Gasteiger partial charge in [-0.2, -0.15) is 0 Å². The second-order valence-corrected chi connectivity index (χ2v) is 10.3. The molecule has 0 spiro atoms. The van der Waals surface area contributed by atoms with Gasteiger partial charge in [-0.15, -0.1) is 0 Å². The molecule has 0 saturated carbocycles. The summed E-state index contributed by atoms with van der Waals surface area (Å²) < 4.78 is 5.10. The van der Waals surface area contributed by atoms with Crippen molar-refractivity contribution in [2.45, 2.75) is 66.7 Å². The summed E-state index contributed by atoms with van der Waals surface area (Å²) in [5.41, 5.74) is 5.80. The number of esters is 1. The van der Waals surface area contributed by atoms with E-state index in [1.165, 1.54) is 0 Å². The maximum Gasteiger partial charge on any atom is 0.338 e. The highest BCUT2D eigenvalue weighted by Gasteiger charge is 2.18. The Balaban J connectivity index is 0.000000715. The first-order chi connectivity index (χ1) is 17.7. The number of aromatic amines is 2. The molecule has 0 aliphatic rings. The van der Waals surface area contributed by atoms with Crippen LogP contribution in [0.3, 0.4) is 0 Å². The van der Waals surface area contributed by atoms with Crippen molar-refractivity contribution in [3.05, 3.63) is 71.0 Å². The predicted octanol–water partition coefficient (Wildman–Crippen LogP) is 8.27. The summed E-state index contributed by atoms with van der Waals surface area (Å²) in [6.07, 6.45) is 4.82. The SMILES string of the molecule is CCC(C)c1cc2[nH]ccc2cc1C(=O)NCC(C)C.CCOC(=O)c1cc2cc[nH]c2cc1C(C)C.[HH].[HH].[HH]. The van der Waals surface area contributed by atoms with Gasteiger partial charge in [-0.05, 0) is 78.6 Å². The van der Waals surface area contributed by atoms with Crippen molar-refractivity contribution in [3.8, 4) is 0 Å². The van der Waals surface area contributed by atoms with Crippen LogP contribution < -0.4 is 5.32 Å². The Morgan fingerprint density at radius 2 is 1.43 bits per heavy atom. The van der Waals surface area contributed by atoms with E-state index in [1.54, 1.807) is 0 Å². The molecule has 2 aromatic heterocycles. The molecule has 204 valence electrons. The van der Waals surface area contributed by atoms with Crippen LogP contribution in [0.5, 0.6) is 0 Å². The van der Waals surface area contributed by atoms with Crippen molar-refractivity contribution in [3.63, 3.8) is 0 Å². The minimum Gasteiger partial charge on any atom is -0.462 e. The summed E-state index contributed by atoms with van der Waals surface area (Å²) in [5.74, 6) is 0.933. The molecule has 6 heteroatoms. The van der Waals surface area contributed by atoms with Gasteiger partial charge in [0.1, 0.15) is 0 Å². The molecular weight excluding hydrogens is 462 g/mol. The number of ether oxygens (including phenoxy) is 1. The monoisotopic (exact) mass is 509 g/mol. The van der Waals surface area contributed by atoms with E-state index >= 15 is 0 Å². The van der Waals surface area contributed by atoms with Gasteiger partial charge in [0.25, 0.3) is 5.91 Å². The normalized spacial score (nSPS) is 12.0. The Hall–Kier alpha value is -3.54. The smallest absolute Gasteiger partial charge is 0.338 e. The van der Waals surface area contributed by atoms with Crippen molar-refractivity contribution in [1.82, 2.24) is 15.3 Å². The lowest BCUT2D eigenvalue weighted by molar-refractivity contribution is 0.0524. The van der Waals surface area contributed by atoms with Gasteiger partial charge in [0.15, 0.2) is 0 Å². The number of fused-ring (bicyclic) bond motifs is 2. The Kier molecular flexibility index (Phi) is 9.56. The average molecular weight is 510 g/mol. The van der Waals surface area contributed by atoms with E-state index in [2.05, 4.69) is 62.9 Å². The zero-order chi connectivity index (χ0) is 27.1. The van der Waals surface area contributed by atoms with Crippen LogP contribution in [0.15, 0.2) is 48.8 Å². The third-order valence-electron chi connectivity index (χ3n) is 6.62. The summed E-state index contributed by atoms with van der Waals surface area (Å²) in [4.78, 5) is 30.7. The number of H-pyrrole nitrogens is 2. The van der Waals surface area contributed by atoms with Crippen LogP contribution in [-0.4, -0.2) is 35.0 Å². The predicted molar refractivity (Wildman–Crippen MR) is 159 cm³/mol. The molecule has 0 bridgehead atoms. The lowest BCUT2D eigenvalue weighted by Crippen LogP contribution is -2.28. The first kappa shape index (κ1) is 28.0. The lowest BCUT2D eigenvalue weighted by Gasteiger charge is -2.16. The second-order valence-electron chi connectivity index (χ2n) is 10.3. The van der Waals surface area contributed by atoms with E-state index in [0.29, 0.717) is 36.5 Å². The standard InChI is InChI=1S/C17H24N2O.C14H17NO2.3H2/c1-5-12(4)14-9-16-13(6-7-18-16)8-15(14)17(20)19-10-11(2)3;1-4-17-14(16)12-7-10-5-6-15-13(10)8-11(12)9(2)3;;;/h6-9,11-12,18H,5,10H2,1-4H3,(H,19,20);5-9,15H,4H2,1-3H3;3*1H. The number of hydrogen-bond donors (Lipinski definition) is 3. The molecule has 1 amide bonds. The molecule has 0 aliphatic carbocycles. The molecule has 3 N–H and O–H groups in total. The summed E-state index contributed by atoms with van der Waals surface area (Å²) in [6.45, 7) is 15.6. The summed E-state index contributed by atoms with van der Waals surface area (Å²) in [6, 6.07) is 12.0. The van der Waals surface area contributed by atoms with Crippen LogP contribution in [0.4, 0.5) is 0 Å². The minimum atomic E-state index is -0.237. The van der Waals surface area contributed by atoms with Gasteiger partial charge in [0.05, 0.1) is 12.2 Å². The first-order valence-corrected chi connectivity index (χ1v) is 13.3. The largest absolute Gasteiger partial charge is 0.462 e. The zero-order valence-corrected chi connectivity index (χ0v) is 23.2. The van der Waals surface area contributed by atoms with Gasteiger partial charge in [-0.3, -0.25) is 4.79 Å². The Morgan fingerprint density at radius 1 is 0.865 bits per heavy atom. The highest BCUT2D eigenvalue weighted by atomic mass is 16.5. The van der Waals surface area contributed by atoms with Crippen molar-refractivity contribution in [1.29, 1.82) is 0 Å². The van der Waals surface area contributed by atoms with Gasteiger partial charge in [-0.1, -0.05) is 41.5 Å². The third-order valence-corrected chi connectivity index (χ3v) is 6.62. The molecular formula is C31H47N3O3. The fourth-order valence-corrected chi connectivity index (χ4v) is 4.31. The number of carbonyl (C=O) groups is 2. The maximum absolute atomic E-state index is 12.4. The summed E-state index contributed by atoms with van der Waals surface area (Å²) in [5, 5.41) is 5.15. The van der Waals surface area contributed by atoms with Crippen LogP contribution in [0.25, 0.3) is 21.8 Å². The lowest BCUT2D eigenvalue weighted by atomic mass is 9.92. The van der Waals surface area contributed by atoms with Crippen LogP contribution >= 0.6 is 0 Å². The molecule has 0 saturated heterocycles. The number of amides is 1. The molecule has 1 atom stereocenters. The molecule has 0 fully saturated rings. The second kappa shape index (κ2) is 12.6. The number of rotatable bonds is 8. The third kappa shape index (κ3) is 6.82. The van der Waals surface area contributed by atoms with E-state index < -0.39 is 0 Å². The molecule has 1 unspecified atom stereocenters. The number of hydrogen-bond acceptors (Lipinski definition) is 3. The van der Waals surface area contributed by atoms with Gasteiger partial charge >= 0.3 is 5.97 Å². The van der Waals surface area contributed by atoms with Crippen LogP contribution in [0, 0.1) is 5.92 Å².